The van der Waals surface area contributed by atoms with E-state index in [1.807, 2.05) is 11.1 Å². The molecule has 0 saturated heterocycles. The summed E-state index contributed by atoms with van der Waals surface area (Å²) in [5, 5.41) is 0. The Morgan fingerprint density at radius 2 is 2.07 bits per heavy atom. The van der Waals surface area contributed by atoms with Gasteiger partial charge in [0.05, 0.1) is 0 Å². The lowest BCUT2D eigenvalue weighted by molar-refractivity contribution is 0.414. The van der Waals surface area contributed by atoms with E-state index in [9.17, 15) is 0 Å². The van der Waals surface area contributed by atoms with Crippen molar-refractivity contribution in [1.82, 2.24) is 0 Å². The van der Waals surface area contributed by atoms with Gasteiger partial charge in [0.1, 0.15) is 0 Å². The Morgan fingerprint density at radius 3 is 2.50 bits per heavy atom. The van der Waals surface area contributed by atoms with Crippen molar-refractivity contribution in [1.29, 1.82) is 0 Å². The van der Waals surface area contributed by atoms with Crippen molar-refractivity contribution < 1.29 is 0 Å². The summed E-state index contributed by atoms with van der Waals surface area (Å²) in [5.74, 6) is 1.90. The molecule has 0 radical (unpaired) electrons. The molecule has 2 fully saturated rings. The predicted octanol–water partition coefficient (Wildman–Crippen LogP) is 4.48. The molecule has 2 aliphatic rings. The summed E-state index contributed by atoms with van der Waals surface area (Å²) in [6, 6.07) is 0. The maximum absolute atomic E-state index is 2.39. The number of hydrogen-bond acceptors (Lipinski definition) is 0. The van der Waals surface area contributed by atoms with Gasteiger partial charge in [-0.25, -0.2) is 0 Å². The zero-order valence-corrected chi connectivity index (χ0v) is 9.77. The molecular formula is C14H22. The largest absolute Gasteiger partial charge is 0.0859 e. The van der Waals surface area contributed by atoms with Crippen molar-refractivity contribution in [3.63, 3.8) is 0 Å². The minimum absolute atomic E-state index is 0.941. The van der Waals surface area contributed by atoms with E-state index in [4.69, 9.17) is 0 Å². The molecule has 0 amide bonds. The third-order valence-corrected chi connectivity index (χ3v) is 3.70. The number of hydrogen-bond donors (Lipinski definition) is 0. The molecule has 0 nitrogen and oxygen atoms in total. The van der Waals surface area contributed by atoms with E-state index in [2.05, 4.69) is 26.8 Å². The SMILES string of the molecule is CC(C)=CCCC1CCC1=C1CC1C. The molecule has 0 bridgehead atoms. The Bertz CT molecular complexity index is 276. The summed E-state index contributed by atoms with van der Waals surface area (Å²) in [7, 11) is 0. The van der Waals surface area contributed by atoms with Gasteiger partial charge in [-0.2, -0.15) is 0 Å². The third-order valence-electron chi connectivity index (χ3n) is 3.70. The zero-order chi connectivity index (χ0) is 10.1. The Kier molecular flexibility index (Phi) is 2.80. The fourth-order valence-corrected chi connectivity index (χ4v) is 2.53. The summed E-state index contributed by atoms with van der Waals surface area (Å²) in [4.78, 5) is 0. The summed E-state index contributed by atoms with van der Waals surface area (Å²) in [6.07, 6.45) is 9.36. The molecular weight excluding hydrogens is 168 g/mol. The molecule has 0 N–H and O–H groups in total. The highest BCUT2D eigenvalue weighted by atomic mass is 14.4. The normalized spacial score (nSPS) is 35.1. The molecule has 2 aliphatic carbocycles. The highest BCUT2D eigenvalue weighted by Crippen LogP contribution is 2.49. The van der Waals surface area contributed by atoms with Gasteiger partial charge in [0.25, 0.3) is 0 Å². The standard InChI is InChI=1S/C14H22/c1-10(2)5-4-6-12-7-8-13(12)14-9-11(14)3/h5,11-12H,4,6-9H2,1-3H3. The molecule has 2 saturated carbocycles. The molecule has 2 rings (SSSR count). The first-order valence-electron chi connectivity index (χ1n) is 6.03. The van der Waals surface area contributed by atoms with Crippen LogP contribution in [0.5, 0.6) is 0 Å². The fraction of sp³-hybridized carbons (Fsp3) is 0.714. The fourth-order valence-electron chi connectivity index (χ4n) is 2.53. The molecule has 0 heteroatoms. The van der Waals surface area contributed by atoms with Gasteiger partial charge < -0.3 is 0 Å². The van der Waals surface area contributed by atoms with Crippen molar-refractivity contribution in [2.24, 2.45) is 11.8 Å². The molecule has 78 valence electrons. The first kappa shape index (κ1) is 10.0. The maximum Gasteiger partial charge on any atom is -0.0191 e. The van der Waals surface area contributed by atoms with Crippen LogP contribution in [0.1, 0.15) is 52.9 Å². The Labute approximate surface area is 88.1 Å². The molecule has 0 aromatic heterocycles. The van der Waals surface area contributed by atoms with Crippen LogP contribution >= 0.6 is 0 Å². The topological polar surface area (TPSA) is 0 Å². The van der Waals surface area contributed by atoms with Crippen LogP contribution in [0.15, 0.2) is 22.8 Å². The average molecular weight is 190 g/mol. The van der Waals surface area contributed by atoms with Gasteiger partial charge in [-0.05, 0) is 57.8 Å². The van der Waals surface area contributed by atoms with Gasteiger partial charge in [0.2, 0.25) is 0 Å². The second-order valence-corrected chi connectivity index (χ2v) is 5.25. The number of allylic oxidation sites excluding steroid dienone is 4. The second-order valence-electron chi connectivity index (χ2n) is 5.25. The van der Waals surface area contributed by atoms with Crippen LogP contribution in [-0.2, 0) is 0 Å². The van der Waals surface area contributed by atoms with Crippen LogP contribution in [0.3, 0.4) is 0 Å². The van der Waals surface area contributed by atoms with E-state index in [0.29, 0.717) is 0 Å². The highest BCUT2D eigenvalue weighted by Gasteiger charge is 2.35. The maximum atomic E-state index is 2.39. The van der Waals surface area contributed by atoms with Gasteiger partial charge in [-0.1, -0.05) is 29.7 Å². The van der Waals surface area contributed by atoms with Gasteiger partial charge in [0, 0.05) is 0 Å². The monoisotopic (exact) mass is 190 g/mol. The minimum atomic E-state index is 0.941. The predicted molar refractivity (Wildman–Crippen MR) is 62.2 cm³/mol. The van der Waals surface area contributed by atoms with Gasteiger partial charge in [-0.15, -0.1) is 0 Å². The van der Waals surface area contributed by atoms with Crippen LogP contribution in [-0.4, -0.2) is 0 Å². The lowest BCUT2D eigenvalue weighted by atomic mass is 9.75. The first-order chi connectivity index (χ1) is 6.68. The second kappa shape index (κ2) is 3.92. The molecule has 0 spiro atoms. The van der Waals surface area contributed by atoms with Crippen LogP contribution in [0, 0.1) is 11.8 Å². The zero-order valence-electron chi connectivity index (χ0n) is 9.77. The van der Waals surface area contributed by atoms with E-state index in [-0.39, 0.29) is 0 Å². The van der Waals surface area contributed by atoms with Crippen molar-refractivity contribution in [3.8, 4) is 0 Å². The molecule has 0 aliphatic heterocycles. The number of rotatable bonds is 3. The van der Waals surface area contributed by atoms with Crippen molar-refractivity contribution >= 4 is 0 Å². The minimum Gasteiger partial charge on any atom is -0.0859 e. The van der Waals surface area contributed by atoms with E-state index in [1.165, 1.54) is 37.7 Å². The van der Waals surface area contributed by atoms with Crippen LogP contribution in [0.2, 0.25) is 0 Å². The lowest BCUT2D eigenvalue weighted by Gasteiger charge is -2.30. The van der Waals surface area contributed by atoms with Gasteiger partial charge in [0.15, 0.2) is 0 Å². The van der Waals surface area contributed by atoms with Crippen LogP contribution in [0.25, 0.3) is 0 Å². The molecule has 14 heavy (non-hydrogen) atoms. The summed E-state index contributed by atoms with van der Waals surface area (Å²) in [6.45, 7) is 6.76. The highest BCUT2D eigenvalue weighted by molar-refractivity contribution is 5.34. The lowest BCUT2D eigenvalue weighted by Crippen LogP contribution is -2.15. The first-order valence-corrected chi connectivity index (χ1v) is 6.03. The van der Waals surface area contributed by atoms with Crippen LogP contribution < -0.4 is 0 Å². The van der Waals surface area contributed by atoms with Crippen molar-refractivity contribution in [2.75, 3.05) is 0 Å². The average Bonchev–Trinajstić information content (AvgIpc) is 2.73. The van der Waals surface area contributed by atoms with Crippen molar-refractivity contribution in [3.05, 3.63) is 22.8 Å². The van der Waals surface area contributed by atoms with E-state index in [1.54, 1.807) is 0 Å². The molecule has 0 aromatic carbocycles. The third kappa shape index (κ3) is 2.10. The Balaban J connectivity index is 1.81. The molecule has 2 atom stereocenters. The van der Waals surface area contributed by atoms with Gasteiger partial charge in [-0.3, -0.25) is 0 Å². The van der Waals surface area contributed by atoms with Crippen molar-refractivity contribution in [2.45, 2.75) is 52.9 Å². The molecule has 0 aromatic rings. The van der Waals surface area contributed by atoms with Gasteiger partial charge >= 0.3 is 0 Å². The van der Waals surface area contributed by atoms with E-state index < -0.39 is 0 Å². The summed E-state index contributed by atoms with van der Waals surface area (Å²) in [5.41, 5.74) is 5.14. The Hall–Kier alpha value is -0.520. The van der Waals surface area contributed by atoms with E-state index >= 15 is 0 Å². The Morgan fingerprint density at radius 1 is 1.36 bits per heavy atom. The smallest absolute Gasteiger partial charge is 0.0191 e. The summed E-state index contributed by atoms with van der Waals surface area (Å²) < 4.78 is 0. The molecule has 2 unspecified atom stereocenters. The quantitative estimate of drug-likeness (QED) is 0.576. The molecule has 0 heterocycles. The van der Waals surface area contributed by atoms with E-state index in [0.717, 1.165) is 11.8 Å². The summed E-state index contributed by atoms with van der Waals surface area (Å²) >= 11 is 0. The van der Waals surface area contributed by atoms with Crippen LogP contribution in [0.4, 0.5) is 0 Å².